The Balaban J connectivity index is 3.62. The summed E-state index contributed by atoms with van der Waals surface area (Å²) < 4.78 is 4.83. The number of rotatable bonds is 10. The van der Waals surface area contributed by atoms with Crippen molar-refractivity contribution in [3.8, 4) is 0 Å². The van der Waals surface area contributed by atoms with Gasteiger partial charge in [-0.05, 0) is 19.3 Å². The summed E-state index contributed by atoms with van der Waals surface area (Å²) in [5.41, 5.74) is 0. The molecule has 0 aliphatic heterocycles. The van der Waals surface area contributed by atoms with E-state index in [1.165, 1.54) is 6.42 Å². The Bertz CT molecular complexity index is 179. The lowest BCUT2D eigenvalue weighted by Crippen LogP contribution is -2.14. The van der Waals surface area contributed by atoms with Crippen LogP contribution in [0, 0.1) is 0 Å². The molecule has 0 aromatic carbocycles. The number of carbonyl (C=O) groups excluding carboxylic acids is 1. The summed E-state index contributed by atoms with van der Waals surface area (Å²) in [6.07, 6.45) is 5.46. The molecule has 1 atom stereocenters. The normalized spacial score (nSPS) is 12.1. The van der Waals surface area contributed by atoms with Gasteiger partial charge in [0.15, 0.2) is 0 Å². The van der Waals surface area contributed by atoms with Crippen molar-refractivity contribution < 1.29 is 19.4 Å². The van der Waals surface area contributed by atoms with Gasteiger partial charge in [-0.15, -0.1) is 0 Å². The summed E-state index contributed by atoms with van der Waals surface area (Å²) in [7, 11) is 0. The fraction of sp³-hybridized carbons (Fsp3) is 0.818. The zero-order chi connectivity index (χ0) is 11.5. The van der Waals surface area contributed by atoms with Gasteiger partial charge in [0, 0.05) is 6.42 Å². The van der Waals surface area contributed by atoms with E-state index in [-0.39, 0.29) is 12.5 Å². The van der Waals surface area contributed by atoms with Crippen molar-refractivity contribution in [1.29, 1.82) is 0 Å². The van der Waals surface area contributed by atoms with E-state index in [2.05, 4.69) is 6.92 Å². The van der Waals surface area contributed by atoms with Gasteiger partial charge in [-0.3, -0.25) is 9.59 Å². The minimum atomic E-state index is -0.844. The maximum Gasteiger partial charge on any atom is 0.303 e. The van der Waals surface area contributed by atoms with Crippen LogP contribution < -0.4 is 0 Å². The molecule has 15 heavy (non-hydrogen) atoms. The summed E-state index contributed by atoms with van der Waals surface area (Å²) in [6, 6.07) is 0. The van der Waals surface area contributed by atoms with E-state index in [1.807, 2.05) is 0 Å². The highest BCUT2D eigenvalue weighted by Gasteiger charge is 2.10. The minimum absolute atomic E-state index is 0.0618. The third kappa shape index (κ3) is 9.25. The first-order valence-electron chi connectivity index (χ1n) is 5.51. The number of carboxylic acids is 1. The molecule has 0 aliphatic rings. The second-order valence-corrected chi connectivity index (χ2v) is 3.64. The van der Waals surface area contributed by atoms with E-state index in [1.54, 1.807) is 0 Å². The van der Waals surface area contributed by atoms with Crippen LogP contribution in [-0.2, 0) is 14.3 Å². The fourth-order valence-corrected chi connectivity index (χ4v) is 1.44. The number of ether oxygens (including phenoxy) is 1. The van der Waals surface area contributed by atoms with E-state index in [4.69, 9.17) is 9.84 Å². The predicted molar refractivity (Wildman–Crippen MR) is 56.6 cm³/mol. The van der Waals surface area contributed by atoms with Crippen molar-refractivity contribution in [1.82, 2.24) is 0 Å². The second kappa shape index (κ2) is 9.49. The predicted octanol–water partition coefficient (Wildman–Crippen LogP) is 2.36. The molecule has 0 spiro atoms. The van der Waals surface area contributed by atoms with Crippen LogP contribution in [0.5, 0.6) is 0 Å². The Labute approximate surface area is 90.6 Å². The Morgan fingerprint density at radius 2 is 2.07 bits per heavy atom. The maximum atomic E-state index is 10.3. The van der Waals surface area contributed by atoms with Gasteiger partial charge in [0.25, 0.3) is 6.47 Å². The van der Waals surface area contributed by atoms with Crippen molar-refractivity contribution in [2.75, 3.05) is 0 Å². The van der Waals surface area contributed by atoms with Crippen LogP contribution in [-0.4, -0.2) is 23.7 Å². The highest BCUT2D eigenvalue weighted by molar-refractivity contribution is 5.66. The molecular weight excluding hydrogens is 196 g/mol. The summed E-state index contributed by atoms with van der Waals surface area (Å²) in [6.45, 7) is 2.54. The highest BCUT2D eigenvalue weighted by Crippen LogP contribution is 2.12. The molecule has 0 bridgehead atoms. The van der Waals surface area contributed by atoms with Gasteiger partial charge in [0.2, 0.25) is 0 Å². The molecule has 4 heteroatoms. The van der Waals surface area contributed by atoms with Crippen LogP contribution in [0.3, 0.4) is 0 Å². The number of aliphatic carboxylic acids is 1. The lowest BCUT2D eigenvalue weighted by atomic mass is 10.1. The first kappa shape index (κ1) is 13.9. The van der Waals surface area contributed by atoms with E-state index in [0.29, 0.717) is 12.9 Å². The molecule has 0 aromatic heterocycles. The molecular formula is C11H20O4. The molecule has 0 rings (SSSR count). The molecule has 0 amide bonds. The number of unbranched alkanes of at least 4 members (excludes halogenated alkanes) is 3. The smallest absolute Gasteiger partial charge is 0.303 e. The highest BCUT2D eigenvalue weighted by atomic mass is 16.5. The Morgan fingerprint density at radius 3 is 2.60 bits per heavy atom. The number of hydrogen-bond donors (Lipinski definition) is 1. The molecule has 1 N–H and O–H groups in total. The molecule has 0 radical (unpaired) electrons. The van der Waals surface area contributed by atoms with Crippen molar-refractivity contribution in [3.05, 3.63) is 0 Å². The van der Waals surface area contributed by atoms with Crippen molar-refractivity contribution >= 4 is 12.4 Å². The van der Waals surface area contributed by atoms with Crippen molar-refractivity contribution in [2.45, 2.75) is 58.0 Å². The van der Waals surface area contributed by atoms with Crippen molar-refractivity contribution in [3.63, 3.8) is 0 Å². The zero-order valence-corrected chi connectivity index (χ0v) is 9.28. The van der Waals surface area contributed by atoms with Crippen LogP contribution in [0.15, 0.2) is 0 Å². The molecule has 0 aromatic rings. The standard InChI is InChI=1S/C11H20O4/c1-2-3-4-5-6-10(15-9-12)7-8-11(13)14/h9-10H,2-8H2,1H3,(H,13,14). The second-order valence-electron chi connectivity index (χ2n) is 3.64. The third-order valence-corrected chi connectivity index (χ3v) is 2.31. The van der Waals surface area contributed by atoms with Crippen LogP contribution in [0.2, 0.25) is 0 Å². The Hall–Kier alpha value is -1.06. The van der Waals surface area contributed by atoms with Gasteiger partial charge in [0.1, 0.15) is 6.10 Å². The third-order valence-electron chi connectivity index (χ3n) is 2.31. The van der Waals surface area contributed by atoms with Gasteiger partial charge >= 0.3 is 5.97 Å². The lowest BCUT2D eigenvalue weighted by molar-refractivity contribution is -0.140. The molecule has 0 heterocycles. The van der Waals surface area contributed by atoms with Crippen LogP contribution in [0.4, 0.5) is 0 Å². The summed E-state index contributed by atoms with van der Waals surface area (Å²) in [5, 5.41) is 8.50. The average molecular weight is 216 g/mol. The van der Waals surface area contributed by atoms with Crippen molar-refractivity contribution in [2.24, 2.45) is 0 Å². The molecule has 4 nitrogen and oxygen atoms in total. The molecule has 0 saturated carbocycles. The first-order chi connectivity index (χ1) is 7.20. The molecule has 0 aliphatic carbocycles. The summed E-state index contributed by atoms with van der Waals surface area (Å²) in [5.74, 6) is -0.844. The van der Waals surface area contributed by atoms with Gasteiger partial charge in [-0.25, -0.2) is 0 Å². The Kier molecular flexibility index (Phi) is 8.82. The average Bonchev–Trinajstić information content (AvgIpc) is 2.20. The van der Waals surface area contributed by atoms with E-state index < -0.39 is 5.97 Å². The quantitative estimate of drug-likeness (QED) is 0.450. The minimum Gasteiger partial charge on any atom is -0.481 e. The summed E-state index contributed by atoms with van der Waals surface area (Å²) in [4.78, 5) is 20.5. The number of carboxylic acid groups (broad SMARTS) is 1. The summed E-state index contributed by atoms with van der Waals surface area (Å²) >= 11 is 0. The topological polar surface area (TPSA) is 63.6 Å². The molecule has 1 unspecified atom stereocenters. The number of hydrogen-bond acceptors (Lipinski definition) is 3. The number of carbonyl (C=O) groups is 2. The van der Waals surface area contributed by atoms with E-state index in [0.717, 1.165) is 25.7 Å². The molecule has 88 valence electrons. The SMILES string of the molecule is CCCCCCC(CCC(=O)O)OC=O. The first-order valence-corrected chi connectivity index (χ1v) is 5.51. The van der Waals surface area contributed by atoms with Crippen LogP contribution in [0.25, 0.3) is 0 Å². The molecule has 0 fully saturated rings. The van der Waals surface area contributed by atoms with Gasteiger partial charge < -0.3 is 9.84 Å². The van der Waals surface area contributed by atoms with Crippen LogP contribution in [0.1, 0.15) is 51.9 Å². The fourth-order valence-electron chi connectivity index (χ4n) is 1.44. The monoisotopic (exact) mass is 216 g/mol. The largest absolute Gasteiger partial charge is 0.481 e. The van der Waals surface area contributed by atoms with Gasteiger partial charge in [-0.2, -0.15) is 0 Å². The molecule has 0 saturated heterocycles. The van der Waals surface area contributed by atoms with Crippen LogP contribution >= 0.6 is 0 Å². The van der Waals surface area contributed by atoms with Gasteiger partial charge in [-0.1, -0.05) is 26.2 Å². The van der Waals surface area contributed by atoms with Gasteiger partial charge in [0.05, 0.1) is 0 Å². The van der Waals surface area contributed by atoms with E-state index >= 15 is 0 Å². The maximum absolute atomic E-state index is 10.3. The zero-order valence-electron chi connectivity index (χ0n) is 9.28. The van der Waals surface area contributed by atoms with E-state index in [9.17, 15) is 9.59 Å². The lowest BCUT2D eigenvalue weighted by Gasteiger charge is -2.13. The Morgan fingerprint density at radius 1 is 1.33 bits per heavy atom.